The van der Waals surface area contributed by atoms with Crippen LogP contribution in [0.1, 0.15) is 37.6 Å². The van der Waals surface area contributed by atoms with Crippen molar-refractivity contribution in [1.29, 1.82) is 0 Å². The van der Waals surface area contributed by atoms with Gasteiger partial charge in [-0.3, -0.25) is 14.7 Å². The van der Waals surface area contributed by atoms with Crippen LogP contribution >= 0.6 is 11.3 Å². The fraction of sp³-hybridized carbons (Fsp3) is 0.684. The number of aliphatic imine (C=N–C) groups is 1. The summed E-state index contributed by atoms with van der Waals surface area (Å²) in [7, 11) is 0. The lowest BCUT2D eigenvalue weighted by Gasteiger charge is -2.36. The van der Waals surface area contributed by atoms with E-state index in [2.05, 4.69) is 39.6 Å². The lowest BCUT2D eigenvalue weighted by molar-refractivity contribution is -0.130. The van der Waals surface area contributed by atoms with Crippen molar-refractivity contribution in [1.82, 2.24) is 20.0 Å². The third kappa shape index (κ3) is 4.76. The number of nitrogens with one attached hydrogen (secondary N) is 1. The van der Waals surface area contributed by atoms with Crippen molar-refractivity contribution < 1.29 is 4.79 Å². The molecule has 6 nitrogen and oxygen atoms in total. The van der Waals surface area contributed by atoms with Crippen molar-refractivity contribution in [2.75, 3.05) is 52.4 Å². The molecule has 1 amide bonds. The fourth-order valence-corrected chi connectivity index (χ4v) is 4.60. The smallest absolute Gasteiger partial charge is 0.219 e. The van der Waals surface area contributed by atoms with Crippen molar-refractivity contribution in [3.63, 3.8) is 0 Å². The highest BCUT2D eigenvalue weighted by Crippen LogP contribution is 2.28. The molecule has 0 radical (unpaired) electrons. The summed E-state index contributed by atoms with van der Waals surface area (Å²) >= 11 is 1.83. The van der Waals surface area contributed by atoms with Gasteiger partial charge in [0.1, 0.15) is 0 Å². The zero-order valence-electron chi connectivity index (χ0n) is 16.0. The number of guanidine groups is 1. The first kappa shape index (κ1) is 19.2. The molecule has 0 aromatic carbocycles. The Bertz CT molecular complexity index is 589. The second-order valence-electron chi connectivity index (χ2n) is 6.96. The molecule has 3 heterocycles. The summed E-state index contributed by atoms with van der Waals surface area (Å²) in [6, 6.07) is 4.76. The summed E-state index contributed by atoms with van der Waals surface area (Å²) in [5.74, 6) is 1.15. The third-order valence-electron chi connectivity index (χ3n) is 5.23. The number of thiophene rings is 1. The highest BCUT2D eigenvalue weighted by molar-refractivity contribution is 7.10. The maximum Gasteiger partial charge on any atom is 0.219 e. The van der Waals surface area contributed by atoms with E-state index < -0.39 is 0 Å². The number of carbonyl (C=O) groups excluding carboxylic acids is 1. The van der Waals surface area contributed by atoms with Gasteiger partial charge in [0.2, 0.25) is 5.91 Å². The van der Waals surface area contributed by atoms with E-state index in [4.69, 9.17) is 4.99 Å². The van der Waals surface area contributed by atoms with Crippen molar-refractivity contribution in [3.05, 3.63) is 22.4 Å². The van der Waals surface area contributed by atoms with Gasteiger partial charge in [-0.05, 0) is 44.3 Å². The van der Waals surface area contributed by atoms with Gasteiger partial charge in [-0.15, -0.1) is 11.3 Å². The number of rotatable bonds is 5. The molecule has 1 aromatic rings. The average Bonchev–Trinajstić information content (AvgIpc) is 3.36. The Morgan fingerprint density at radius 1 is 1.19 bits per heavy atom. The van der Waals surface area contributed by atoms with Crippen LogP contribution in [-0.4, -0.2) is 78.9 Å². The Kier molecular flexibility index (Phi) is 6.91. The molecular formula is C19H31N5OS. The molecule has 0 saturated carbocycles. The lowest BCUT2D eigenvalue weighted by Crippen LogP contribution is -2.53. The average molecular weight is 378 g/mol. The van der Waals surface area contributed by atoms with Gasteiger partial charge in [-0.25, -0.2) is 0 Å². The minimum absolute atomic E-state index is 0.165. The van der Waals surface area contributed by atoms with Gasteiger partial charge in [0.25, 0.3) is 0 Å². The molecular weight excluding hydrogens is 346 g/mol. The lowest BCUT2D eigenvalue weighted by atomic mass is 10.2. The first-order valence-electron chi connectivity index (χ1n) is 9.75. The SMILES string of the molecule is CCNC(=NCC(c1cccs1)N1CCCC1)N1CCN(C(C)=O)CC1. The molecule has 0 aliphatic carbocycles. The van der Waals surface area contributed by atoms with Crippen LogP contribution in [0.3, 0.4) is 0 Å². The number of hydrogen-bond donors (Lipinski definition) is 1. The fourth-order valence-electron chi connectivity index (χ4n) is 3.75. The zero-order valence-corrected chi connectivity index (χ0v) is 16.8. The van der Waals surface area contributed by atoms with E-state index in [9.17, 15) is 4.79 Å². The summed E-state index contributed by atoms with van der Waals surface area (Å²) in [4.78, 5) is 24.7. The molecule has 26 heavy (non-hydrogen) atoms. The van der Waals surface area contributed by atoms with Crippen molar-refractivity contribution in [2.24, 2.45) is 4.99 Å². The van der Waals surface area contributed by atoms with Gasteiger partial charge in [0.05, 0.1) is 12.6 Å². The topological polar surface area (TPSA) is 51.2 Å². The number of amides is 1. The summed E-state index contributed by atoms with van der Waals surface area (Å²) in [6.07, 6.45) is 2.58. The Hall–Kier alpha value is -1.60. The van der Waals surface area contributed by atoms with E-state index in [0.717, 1.165) is 45.2 Å². The van der Waals surface area contributed by atoms with Crippen LogP contribution in [0.15, 0.2) is 22.5 Å². The molecule has 2 aliphatic rings. The predicted molar refractivity (Wildman–Crippen MR) is 108 cm³/mol. The molecule has 1 N–H and O–H groups in total. The Balaban J connectivity index is 1.68. The molecule has 2 fully saturated rings. The molecule has 1 atom stereocenters. The molecule has 0 spiro atoms. The van der Waals surface area contributed by atoms with Gasteiger partial charge in [0.15, 0.2) is 5.96 Å². The second kappa shape index (κ2) is 9.37. The first-order chi connectivity index (χ1) is 12.7. The first-order valence-corrected chi connectivity index (χ1v) is 10.6. The third-order valence-corrected chi connectivity index (χ3v) is 6.20. The molecule has 2 aliphatic heterocycles. The van der Waals surface area contributed by atoms with E-state index in [1.54, 1.807) is 6.92 Å². The van der Waals surface area contributed by atoms with Crippen LogP contribution in [-0.2, 0) is 4.79 Å². The van der Waals surface area contributed by atoms with Crippen molar-refractivity contribution in [2.45, 2.75) is 32.7 Å². The largest absolute Gasteiger partial charge is 0.357 e. The van der Waals surface area contributed by atoms with Crippen LogP contribution in [0.5, 0.6) is 0 Å². The minimum atomic E-state index is 0.165. The molecule has 144 valence electrons. The number of piperazine rings is 1. The van der Waals surface area contributed by atoms with E-state index in [1.807, 2.05) is 16.2 Å². The minimum Gasteiger partial charge on any atom is -0.357 e. The van der Waals surface area contributed by atoms with Gasteiger partial charge in [-0.1, -0.05) is 6.07 Å². The number of likely N-dealkylation sites (tertiary alicyclic amines) is 1. The second-order valence-corrected chi connectivity index (χ2v) is 7.94. The van der Waals surface area contributed by atoms with Crippen LogP contribution in [0.25, 0.3) is 0 Å². The molecule has 1 unspecified atom stereocenters. The van der Waals surface area contributed by atoms with E-state index in [-0.39, 0.29) is 5.91 Å². The van der Waals surface area contributed by atoms with Crippen LogP contribution in [0, 0.1) is 0 Å². The Morgan fingerprint density at radius 3 is 2.46 bits per heavy atom. The van der Waals surface area contributed by atoms with Gasteiger partial charge >= 0.3 is 0 Å². The van der Waals surface area contributed by atoms with Crippen molar-refractivity contribution >= 4 is 23.2 Å². The van der Waals surface area contributed by atoms with Gasteiger partial charge in [0, 0.05) is 44.5 Å². The molecule has 7 heteroatoms. The Morgan fingerprint density at radius 2 is 1.88 bits per heavy atom. The predicted octanol–water partition coefficient (Wildman–Crippen LogP) is 2.01. The Labute approximate surface area is 160 Å². The molecule has 2 saturated heterocycles. The maximum atomic E-state index is 11.6. The highest BCUT2D eigenvalue weighted by atomic mass is 32.1. The van der Waals surface area contributed by atoms with Crippen LogP contribution < -0.4 is 5.32 Å². The monoisotopic (exact) mass is 377 g/mol. The summed E-state index contributed by atoms with van der Waals surface area (Å²) < 4.78 is 0. The molecule has 3 rings (SSSR count). The highest BCUT2D eigenvalue weighted by Gasteiger charge is 2.25. The number of nitrogens with zero attached hydrogens (tertiary/aromatic N) is 4. The van der Waals surface area contributed by atoms with Gasteiger partial charge < -0.3 is 15.1 Å². The van der Waals surface area contributed by atoms with Crippen LogP contribution in [0.2, 0.25) is 0 Å². The standard InChI is InChI=1S/C19H31N5OS/c1-3-20-19(24-12-10-22(11-13-24)16(2)25)21-15-17(18-7-6-14-26-18)23-8-4-5-9-23/h6-7,14,17H,3-5,8-13,15H2,1-2H3,(H,20,21). The van der Waals surface area contributed by atoms with E-state index in [0.29, 0.717) is 6.04 Å². The quantitative estimate of drug-likeness (QED) is 0.630. The van der Waals surface area contributed by atoms with Gasteiger partial charge in [-0.2, -0.15) is 0 Å². The summed E-state index contributed by atoms with van der Waals surface area (Å²) in [5.41, 5.74) is 0. The van der Waals surface area contributed by atoms with E-state index in [1.165, 1.54) is 30.8 Å². The summed E-state index contributed by atoms with van der Waals surface area (Å²) in [5, 5.41) is 5.61. The van der Waals surface area contributed by atoms with Crippen LogP contribution in [0.4, 0.5) is 0 Å². The molecule has 1 aromatic heterocycles. The van der Waals surface area contributed by atoms with E-state index >= 15 is 0 Å². The normalized spacial score (nSPS) is 20.5. The molecule has 0 bridgehead atoms. The summed E-state index contributed by atoms with van der Waals surface area (Å²) in [6.45, 7) is 11.0. The number of carbonyl (C=O) groups is 1. The van der Waals surface area contributed by atoms with Crippen molar-refractivity contribution in [3.8, 4) is 0 Å². The zero-order chi connectivity index (χ0) is 18.4. The number of hydrogen-bond acceptors (Lipinski definition) is 4. The maximum absolute atomic E-state index is 11.6.